The summed E-state index contributed by atoms with van der Waals surface area (Å²) in [5.74, 6) is -0.568. The zero-order valence-corrected chi connectivity index (χ0v) is 15.0. The number of nitrogens with one attached hydrogen (secondary N) is 1. The summed E-state index contributed by atoms with van der Waals surface area (Å²) in [6.07, 6.45) is 0.605. The van der Waals surface area contributed by atoms with Gasteiger partial charge in [0.05, 0.1) is 5.57 Å². The van der Waals surface area contributed by atoms with Crippen molar-refractivity contribution in [1.29, 1.82) is 0 Å². The first-order chi connectivity index (χ1) is 12.6. The highest BCUT2D eigenvalue weighted by Gasteiger charge is 2.38. The molecule has 0 aromatic heterocycles. The van der Waals surface area contributed by atoms with Gasteiger partial charge in [-0.05, 0) is 30.5 Å². The number of benzene rings is 2. The summed E-state index contributed by atoms with van der Waals surface area (Å²) in [6.45, 7) is 2.79. The van der Waals surface area contributed by atoms with Crippen LogP contribution in [-0.4, -0.2) is 37.0 Å². The molecule has 0 unspecified atom stereocenters. The van der Waals surface area contributed by atoms with E-state index in [0.717, 1.165) is 16.8 Å². The van der Waals surface area contributed by atoms with E-state index in [0.29, 0.717) is 30.8 Å². The molecule has 0 aliphatic carbocycles. The minimum atomic E-state index is -0.298. The minimum absolute atomic E-state index is 0.270. The molecule has 2 amide bonds. The molecule has 1 aliphatic heterocycles. The number of carbonyl (C=O) groups excluding carboxylic acids is 2. The summed E-state index contributed by atoms with van der Waals surface area (Å²) >= 11 is 0. The van der Waals surface area contributed by atoms with Crippen molar-refractivity contribution >= 4 is 23.1 Å². The van der Waals surface area contributed by atoms with E-state index in [1.54, 1.807) is 7.11 Å². The van der Waals surface area contributed by atoms with Crippen LogP contribution in [0.3, 0.4) is 0 Å². The molecule has 0 saturated heterocycles. The number of hydrogen-bond acceptors (Lipinski definition) is 4. The monoisotopic (exact) mass is 350 g/mol. The zero-order valence-electron chi connectivity index (χ0n) is 15.0. The van der Waals surface area contributed by atoms with E-state index < -0.39 is 0 Å². The lowest BCUT2D eigenvalue weighted by atomic mass is 10.0. The smallest absolute Gasteiger partial charge is 0.278 e. The largest absolute Gasteiger partial charge is 0.385 e. The first-order valence-electron chi connectivity index (χ1n) is 8.61. The number of ether oxygens (including phenoxy) is 1. The molecule has 0 fully saturated rings. The fraction of sp³-hybridized carbons (Fsp3) is 0.238. The third-order valence-corrected chi connectivity index (χ3v) is 4.37. The van der Waals surface area contributed by atoms with E-state index in [1.807, 2.05) is 61.5 Å². The molecular weight excluding hydrogens is 328 g/mol. The van der Waals surface area contributed by atoms with Gasteiger partial charge in [0.1, 0.15) is 5.70 Å². The van der Waals surface area contributed by atoms with Crippen molar-refractivity contribution in [2.24, 2.45) is 0 Å². The van der Waals surface area contributed by atoms with Crippen molar-refractivity contribution < 1.29 is 14.3 Å². The predicted octanol–water partition coefficient (Wildman–Crippen LogP) is 3.22. The van der Waals surface area contributed by atoms with Gasteiger partial charge in [-0.1, -0.05) is 48.5 Å². The van der Waals surface area contributed by atoms with Crippen LogP contribution in [0.15, 0.2) is 60.3 Å². The van der Waals surface area contributed by atoms with E-state index >= 15 is 0 Å². The average Bonchev–Trinajstić information content (AvgIpc) is 2.88. The Hall–Kier alpha value is -2.92. The number of methoxy groups -OCH3 is 1. The molecule has 2 aromatic rings. The van der Waals surface area contributed by atoms with Crippen molar-refractivity contribution in [3.8, 4) is 0 Å². The molecule has 5 nitrogen and oxygen atoms in total. The Morgan fingerprint density at radius 2 is 1.65 bits per heavy atom. The maximum absolute atomic E-state index is 13.0. The lowest BCUT2D eigenvalue weighted by Gasteiger charge is -2.15. The molecule has 5 heteroatoms. The molecule has 1 aliphatic rings. The fourth-order valence-electron chi connectivity index (χ4n) is 2.98. The van der Waals surface area contributed by atoms with Gasteiger partial charge in [0.25, 0.3) is 11.8 Å². The molecule has 0 saturated carbocycles. The second-order valence-corrected chi connectivity index (χ2v) is 6.16. The molecule has 26 heavy (non-hydrogen) atoms. The zero-order chi connectivity index (χ0) is 18.5. The molecule has 2 aromatic carbocycles. The van der Waals surface area contributed by atoms with Crippen LogP contribution in [0.4, 0.5) is 5.69 Å². The van der Waals surface area contributed by atoms with Gasteiger partial charge in [0, 0.05) is 25.9 Å². The van der Waals surface area contributed by atoms with E-state index in [4.69, 9.17) is 4.74 Å². The number of amides is 2. The standard InChI is InChI=1S/C21H22N2O3/c1-15-9-6-7-12-17(15)22-19-18(16-10-4-3-5-11-16)20(24)23(21(19)25)13-8-14-26-2/h3-7,9-12,22H,8,13-14H2,1-2H3. The van der Waals surface area contributed by atoms with E-state index in [-0.39, 0.29) is 11.8 Å². The molecule has 1 heterocycles. The topological polar surface area (TPSA) is 58.6 Å². The van der Waals surface area contributed by atoms with E-state index in [9.17, 15) is 9.59 Å². The van der Waals surface area contributed by atoms with Crippen LogP contribution in [0.25, 0.3) is 5.57 Å². The quantitative estimate of drug-likeness (QED) is 0.615. The Balaban J connectivity index is 1.99. The number of hydrogen-bond donors (Lipinski definition) is 1. The summed E-state index contributed by atoms with van der Waals surface area (Å²) in [7, 11) is 1.60. The van der Waals surface area contributed by atoms with Gasteiger partial charge in [-0.25, -0.2) is 0 Å². The normalized spacial score (nSPS) is 14.3. The lowest BCUT2D eigenvalue weighted by molar-refractivity contribution is -0.136. The fourth-order valence-corrected chi connectivity index (χ4v) is 2.98. The molecule has 3 rings (SSSR count). The molecule has 0 spiro atoms. The summed E-state index contributed by atoms with van der Waals surface area (Å²) in [6, 6.07) is 17.0. The second kappa shape index (κ2) is 7.97. The Kier molecular flexibility index (Phi) is 5.49. The highest BCUT2D eigenvalue weighted by molar-refractivity contribution is 6.36. The van der Waals surface area contributed by atoms with E-state index in [2.05, 4.69) is 5.32 Å². The lowest BCUT2D eigenvalue weighted by Crippen LogP contribution is -2.33. The first kappa shape index (κ1) is 17.9. The van der Waals surface area contributed by atoms with Gasteiger partial charge in [0.2, 0.25) is 0 Å². The molecular formula is C21H22N2O3. The van der Waals surface area contributed by atoms with Crippen LogP contribution < -0.4 is 5.32 Å². The second-order valence-electron chi connectivity index (χ2n) is 6.16. The molecule has 1 N–H and O–H groups in total. The SMILES string of the molecule is COCCCN1C(=O)C(Nc2ccccc2C)=C(c2ccccc2)C1=O. The maximum atomic E-state index is 13.0. The third kappa shape index (κ3) is 3.53. The van der Waals surface area contributed by atoms with Crippen LogP contribution in [0.1, 0.15) is 17.5 Å². The highest BCUT2D eigenvalue weighted by Crippen LogP contribution is 2.31. The summed E-state index contributed by atoms with van der Waals surface area (Å²) in [4.78, 5) is 27.2. The average molecular weight is 350 g/mol. The number of rotatable bonds is 7. The van der Waals surface area contributed by atoms with Gasteiger partial charge in [0.15, 0.2) is 0 Å². The van der Waals surface area contributed by atoms with Gasteiger partial charge >= 0.3 is 0 Å². The van der Waals surface area contributed by atoms with Gasteiger partial charge < -0.3 is 10.1 Å². The molecule has 0 radical (unpaired) electrons. The van der Waals surface area contributed by atoms with Crippen LogP contribution in [-0.2, 0) is 14.3 Å². The molecule has 0 bridgehead atoms. The summed E-state index contributed by atoms with van der Waals surface area (Å²) in [5, 5.41) is 3.19. The van der Waals surface area contributed by atoms with Crippen molar-refractivity contribution in [3.05, 3.63) is 71.4 Å². The van der Waals surface area contributed by atoms with Crippen molar-refractivity contribution in [2.75, 3.05) is 25.6 Å². The third-order valence-electron chi connectivity index (χ3n) is 4.37. The number of imide groups is 1. The van der Waals surface area contributed by atoms with Crippen LogP contribution in [0.2, 0.25) is 0 Å². The Bertz CT molecular complexity index is 843. The summed E-state index contributed by atoms with van der Waals surface area (Å²) < 4.78 is 5.04. The van der Waals surface area contributed by atoms with Crippen molar-refractivity contribution in [3.63, 3.8) is 0 Å². The number of anilines is 1. The van der Waals surface area contributed by atoms with Crippen molar-refractivity contribution in [2.45, 2.75) is 13.3 Å². The number of nitrogens with zero attached hydrogens (tertiary/aromatic N) is 1. The Morgan fingerprint density at radius 3 is 2.35 bits per heavy atom. The first-order valence-corrected chi connectivity index (χ1v) is 8.61. The Morgan fingerprint density at radius 1 is 0.962 bits per heavy atom. The van der Waals surface area contributed by atoms with Gasteiger partial charge in [-0.2, -0.15) is 0 Å². The van der Waals surface area contributed by atoms with Crippen LogP contribution >= 0.6 is 0 Å². The molecule has 0 atom stereocenters. The van der Waals surface area contributed by atoms with Gasteiger partial charge in [-0.3, -0.25) is 14.5 Å². The minimum Gasteiger partial charge on any atom is -0.385 e. The summed E-state index contributed by atoms with van der Waals surface area (Å²) in [5.41, 5.74) is 3.29. The van der Waals surface area contributed by atoms with Crippen LogP contribution in [0.5, 0.6) is 0 Å². The number of carbonyl (C=O) groups is 2. The molecule has 134 valence electrons. The highest BCUT2D eigenvalue weighted by atomic mass is 16.5. The maximum Gasteiger partial charge on any atom is 0.278 e. The Labute approximate surface area is 153 Å². The van der Waals surface area contributed by atoms with E-state index in [1.165, 1.54) is 4.90 Å². The number of aryl methyl sites for hydroxylation is 1. The van der Waals surface area contributed by atoms with Crippen LogP contribution in [0, 0.1) is 6.92 Å². The number of para-hydroxylation sites is 1. The van der Waals surface area contributed by atoms with Gasteiger partial charge in [-0.15, -0.1) is 0 Å². The predicted molar refractivity (Wildman–Crippen MR) is 101 cm³/mol. The van der Waals surface area contributed by atoms with Crippen molar-refractivity contribution in [1.82, 2.24) is 4.90 Å².